The van der Waals surface area contributed by atoms with Crippen LogP contribution in [0, 0.1) is 10.1 Å². The van der Waals surface area contributed by atoms with Gasteiger partial charge in [0.25, 0.3) is 11.6 Å². The van der Waals surface area contributed by atoms with Crippen LogP contribution in [0.25, 0.3) is 0 Å². The van der Waals surface area contributed by atoms with Gasteiger partial charge in [0.2, 0.25) is 0 Å². The van der Waals surface area contributed by atoms with Gasteiger partial charge in [0.15, 0.2) is 0 Å². The van der Waals surface area contributed by atoms with Gasteiger partial charge in [-0.15, -0.1) is 12.4 Å². The first-order valence-electron chi connectivity index (χ1n) is 8.61. The minimum atomic E-state index is -0.400. The molecule has 2 aliphatic heterocycles. The lowest BCUT2D eigenvalue weighted by Gasteiger charge is -2.32. The zero-order valence-electron chi connectivity index (χ0n) is 14.4. The molecule has 2 fully saturated rings. The Bertz CT molecular complexity index is 634. The van der Waals surface area contributed by atoms with Crippen molar-refractivity contribution in [1.29, 1.82) is 0 Å². The smallest absolute Gasteiger partial charge is 0.273 e. The number of rotatable bonds is 4. The highest BCUT2D eigenvalue weighted by Gasteiger charge is 2.31. The molecule has 2 aliphatic rings. The van der Waals surface area contributed by atoms with Crippen LogP contribution in [0.1, 0.15) is 29.3 Å². The number of carbonyl (C=O) groups excluding carboxylic acids is 1. The minimum absolute atomic E-state index is 0. The molecule has 0 spiro atoms. The molecule has 0 bridgehead atoms. The van der Waals surface area contributed by atoms with Gasteiger partial charge in [-0.1, -0.05) is 13.0 Å². The third-order valence-corrected chi connectivity index (χ3v) is 5.03. The summed E-state index contributed by atoms with van der Waals surface area (Å²) < 4.78 is 0. The normalized spacial score (nSPS) is 21.0. The maximum Gasteiger partial charge on any atom is 0.273 e. The van der Waals surface area contributed by atoms with Gasteiger partial charge in [-0.25, -0.2) is 0 Å². The summed E-state index contributed by atoms with van der Waals surface area (Å²) in [5.41, 5.74) is 1.12. The number of halogens is 1. The number of nitro groups is 1. The summed E-state index contributed by atoms with van der Waals surface area (Å²) in [6.45, 7) is 7.33. The van der Waals surface area contributed by atoms with Crippen molar-refractivity contribution in [2.24, 2.45) is 0 Å². The Hall–Kier alpha value is -1.70. The number of carbonyl (C=O) groups is 1. The highest BCUT2D eigenvalue weighted by atomic mass is 35.5. The third kappa shape index (κ3) is 4.29. The molecule has 0 aromatic heterocycles. The number of piperazine rings is 1. The topological polar surface area (TPSA) is 78.7 Å². The van der Waals surface area contributed by atoms with Gasteiger partial charge in [0.05, 0.1) is 4.92 Å². The largest absolute Gasteiger partial charge is 0.337 e. The van der Waals surface area contributed by atoms with Crippen molar-refractivity contribution < 1.29 is 9.72 Å². The average molecular weight is 369 g/mol. The summed E-state index contributed by atoms with van der Waals surface area (Å²) in [5, 5.41) is 14.5. The van der Waals surface area contributed by atoms with Crippen LogP contribution in [0.15, 0.2) is 18.2 Å². The van der Waals surface area contributed by atoms with Gasteiger partial charge in [0, 0.05) is 62.5 Å². The fourth-order valence-corrected chi connectivity index (χ4v) is 3.62. The van der Waals surface area contributed by atoms with Crippen LogP contribution in [0.4, 0.5) is 5.69 Å². The molecule has 1 aromatic rings. The molecule has 0 radical (unpaired) electrons. The van der Waals surface area contributed by atoms with Gasteiger partial charge in [0.1, 0.15) is 0 Å². The van der Waals surface area contributed by atoms with E-state index in [0.717, 1.165) is 39.1 Å². The van der Waals surface area contributed by atoms with Crippen LogP contribution in [0.5, 0.6) is 0 Å². The fraction of sp³-hybridized carbons (Fsp3) is 0.588. The molecule has 8 heteroatoms. The van der Waals surface area contributed by atoms with Crippen molar-refractivity contribution >= 4 is 24.0 Å². The van der Waals surface area contributed by atoms with E-state index >= 15 is 0 Å². The predicted molar refractivity (Wildman–Crippen MR) is 98.5 cm³/mol. The van der Waals surface area contributed by atoms with Gasteiger partial charge in [-0.05, 0) is 18.9 Å². The number of aryl methyl sites for hydroxylation is 1. The zero-order chi connectivity index (χ0) is 17.1. The van der Waals surface area contributed by atoms with Crippen LogP contribution >= 0.6 is 12.4 Å². The van der Waals surface area contributed by atoms with Crippen molar-refractivity contribution in [2.75, 3.05) is 39.3 Å². The highest BCUT2D eigenvalue weighted by Crippen LogP contribution is 2.24. The summed E-state index contributed by atoms with van der Waals surface area (Å²) in [7, 11) is 0. The number of amides is 1. The number of benzene rings is 1. The Morgan fingerprint density at radius 3 is 2.68 bits per heavy atom. The maximum atomic E-state index is 12.7. The van der Waals surface area contributed by atoms with Gasteiger partial charge in [-0.2, -0.15) is 0 Å². The maximum absolute atomic E-state index is 12.7. The Balaban J connectivity index is 0.00000225. The van der Waals surface area contributed by atoms with E-state index in [9.17, 15) is 14.9 Å². The molecule has 3 rings (SSSR count). The first-order valence-corrected chi connectivity index (χ1v) is 8.61. The number of hydrogen-bond acceptors (Lipinski definition) is 5. The van der Waals surface area contributed by atoms with Crippen LogP contribution in [0.2, 0.25) is 0 Å². The average Bonchev–Trinajstić information content (AvgIpc) is 3.11. The number of nitro benzene ring substituents is 1. The molecule has 25 heavy (non-hydrogen) atoms. The number of nitrogens with zero attached hydrogens (tertiary/aromatic N) is 3. The second kappa shape index (κ2) is 8.60. The van der Waals surface area contributed by atoms with E-state index in [1.54, 1.807) is 12.1 Å². The summed E-state index contributed by atoms with van der Waals surface area (Å²) in [5.74, 6) is -0.0987. The summed E-state index contributed by atoms with van der Waals surface area (Å²) in [6, 6.07) is 5.25. The third-order valence-electron chi connectivity index (χ3n) is 5.03. The van der Waals surface area contributed by atoms with E-state index in [1.807, 2.05) is 11.8 Å². The van der Waals surface area contributed by atoms with E-state index in [1.165, 1.54) is 6.07 Å². The van der Waals surface area contributed by atoms with Crippen molar-refractivity contribution in [2.45, 2.75) is 25.8 Å². The monoisotopic (exact) mass is 368 g/mol. The Labute approximate surface area is 153 Å². The van der Waals surface area contributed by atoms with Crippen molar-refractivity contribution in [3.8, 4) is 0 Å². The van der Waals surface area contributed by atoms with Crippen molar-refractivity contribution in [3.63, 3.8) is 0 Å². The van der Waals surface area contributed by atoms with Crippen LogP contribution < -0.4 is 5.32 Å². The predicted octanol–water partition coefficient (Wildman–Crippen LogP) is 1.70. The summed E-state index contributed by atoms with van der Waals surface area (Å²) >= 11 is 0. The number of nitrogens with one attached hydrogen (secondary N) is 1. The summed E-state index contributed by atoms with van der Waals surface area (Å²) in [6.07, 6.45) is 1.56. The minimum Gasteiger partial charge on any atom is -0.337 e. The lowest BCUT2D eigenvalue weighted by atomic mass is 10.1. The number of likely N-dealkylation sites (tertiary alicyclic amines) is 1. The Morgan fingerprint density at radius 1 is 1.32 bits per heavy atom. The second-order valence-electron chi connectivity index (χ2n) is 6.43. The standard InChI is InChI=1S/C17H24N4O3.ClH/c1-2-13-3-4-14(11-16(13)21(23)24)17(22)20-8-5-15(12-20)19-9-6-18-7-10-19;/h3-4,11,15,18H,2,5-10,12H2,1H3;1H. The van der Waals surface area contributed by atoms with E-state index < -0.39 is 4.92 Å². The molecular weight excluding hydrogens is 344 g/mol. The van der Waals surface area contributed by atoms with Crippen LogP contribution in [-0.2, 0) is 6.42 Å². The molecule has 1 N–H and O–H groups in total. The molecule has 1 atom stereocenters. The SMILES string of the molecule is CCc1ccc(C(=O)N2CCC(N3CCNCC3)C2)cc1[N+](=O)[O-].Cl. The molecule has 1 unspecified atom stereocenters. The molecule has 2 saturated heterocycles. The first-order chi connectivity index (χ1) is 11.6. The Kier molecular flexibility index (Phi) is 6.75. The van der Waals surface area contributed by atoms with Gasteiger partial charge >= 0.3 is 0 Å². The first kappa shape index (κ1) is 19.6. The van der Waals surface area contributed by atoms with Gasteiger partial charge < -0.3 is 10.2 Å². The lowest BCUT2D eigenvalue weighted by Crippen LogP contribution is -2.49. The Morgan fingerprint density at radius 2 is 2.04 bits per heavy atom. The molecule has 0 aliphatic carbocycles. The van der Waals surface area contributed by atoms with E-state index in [0.29, 0.717) is 30.1 Å². The van der Waals surface area contributed by atoms with E-state index in [2.05, 4.69) is 10.2 Å². The zero-order valence-corrected chi connectivity index (χ0v) is 15.3. The van der Waals surface area contributed by atoms with E-state index in [-0.39, 0.29) is 24.0 Å². The van der Waals surface area contributed by atoms with Crippen molar-refractivity contribution in [3.05, 3.63) is 39.4 Å². The summed E-state index contributed by atoms with van der Waals surface area (Å²) in [4.78, 5) is 27.8. The fourth-order valence-electron chi connectivity index (χ4n) is 3.62. The van der Waals surface area contributed by atoms with Crippen LogP contribution in [-0.4, -0.2) is 65.9 Å². The van der Waals surface area contributed by atoms with E-state index in [4.69, 9.17) is 0 Å². The lowest BCUT2D eigenvalue weighted by molar-refractivity contribution is -0.385. The van der Waals surface area contributed by atoms with Crippen LogP contribution in [0.3, 0.4) is 0 Å². The second-order valence-corrected chi connectivity index (χ2v) is 6.43. The van der Waals surface area contributed by atoms with Crippen molar-refractivity contribution in [1.82, 2.24) is 15.1 Å². The molecule has 138 valence electrons. The highest BCUT2D eigenvalue weighted by molar-refractivity contribution is 5.95. The molecule has 1 amide bonds. The molecule has 7 nitrogen and oxygen atoms in total. The van der Waals surface area contributed by atoms with Gasteiger partial charge in [-0.3, -0.25) is 19.8 Å². The molecule has 2 heterocycles. The number of hydrogen-bond donors (Lipinski definition) is 1. The molecule has 0 saturated carbocycles. The molecule has 1 aromatic carbocycles. The quantitative estimate of drug-likeness (QED) is 0.646. The molecular formula is C17H25ClN4O3.